The molecule has 1 aromatic carbocycles. The maximum absolute atomic E-state index is 6.08. The molecule has 1 aliphatic carbocycles. The van der Waals surface area contributed by atoms with Crippen LogP contribution in [0.2, 0.25) is 5.02 Å². The van der Waals surface area contributed by atoms with Crippen LogP contribution < -0.4 is 5.73 Å². The summed E-state index contributed by atoms with van der Waals surface area (Å²) in [6.45, 7) is 2.77. The first-order valence-corrected chi connectivity index (χ1v) is 8.16. The largest absolute Gasteiger partial charge is 0.462 e. The van der Waals surface area contributed by atoms with Gasteiger partial charge in [0.25, 0.3) is 6.02 Å². The van der Waals surface area contributed by atoms with Crippen molar-refractivity contribution in [1.82, 2.24) is 4.98 Å². The maximum Gasteiger partial charge on any atom is 0.283 e. The van der Waals surface area contributed by atoms with Gasteiger partial charge in [0, 0.05) is 18.0 Å². The second-order valence-corrected chi connectivity index (χ2v) is 6.98. The third kappa shape index (κ3) is 2.47. The monoisotopic (exact) mass is 327 g/mol. The smallest absolute Gasteiger partial charge is 0.283 e. The van der Waals surface area contributed by atoms with Crippen molar-refractivity contribution in [3.63, 3.8) is 0 Å². The molecule has 0 saturated heterocycles. The van der Waals surface area contributed by atoms with Gasteiger partial charge in [0.1, 0.15) is 12.1 Å². The van der Waals surface area contributed by atoms with Crippen molar-refractivity contribution in [2.45, 2.75) is 25.3 Å². The second-order valence-electron chi connectivity index (χ2n) is 6.55. The number of nitrogens with zero attached hydrogens (tertiary/aromatic N) is 2. The van der Waals surface area contributed by atoms with E-state index in [4.69, 9.17) is 22.1 Å². The summed E-state index contributed by atoms with van der Waals surface area (Å²) in [4.78, 5) is 8.84. The Hall–Kier alpha value is -2.07. The Kier molecular flexibility index (Phi) is 3.31. The number of halogens is 1. The Balaban J connectivity index is 1.85. The lowest BCUT2D eigenvalue weighted by Gasteiger charge is -2.35. The predicted octanol–water partition coefficient (Wildman–Crippen LogP) is 3.52. The summed E-state index contributed by atoms with van der Waals surface area (Å²) < 4.78 is 5.51. The van der Waals surface area contributed by atoms with Crippen molar-refractivity contribution in [1.29, 1.82) is 0 Å². The molecule has 118 valence electrons. The third-order valence-electron chi connectivity index (χ3n) is 4.69. The number of ether oxygens (including phenoxy) is 1. The molecule has 1 spiro atoms. The van der Waals surface area contributed by atoms with E-state index in [1.807, 2.05) is 12.3 Å². The van der Waals surface area contributed by atoms with E-state index in [2.05, 4.69) is 35.1 Å². The summed E-state index contributed by atoms with van der Waals surface area (Å²) in [5, 5.41) is 0.634. The fourth-order valence-corrected chi connectivity index (χ4v) is 3.96. The molecule has 0 amide bonds. The van der Waals surface area contributed by atoms with Crippen LogP contribution >= 0.6 is 11.6 Å². The number of pyridine rings is 1. The first-order valence-electron chi connectivity index (χ1n) is 7.78. The van der Waals surface area contributed by atoms with Crippen LogP contribution in [-0.2, 0) is 16.7 Å². The normalized spacial score (nSPS) is 25.8. The van der Waals surface area contributed by atoms with Gasteiger partial charge in [-0.25, -0.2) is 4.99 Å². The Morgan fingerprint density at radius 1 is 1.26 bits per heavy atom. The predicted molar refractivity (Wildman–Crippen MR) is 91.4 cm³/mol. The number of hydrogen-bond acceptors (Lipinski definition) is 4. The van der Waals surface area contributed by atoms with E-state index in [-0.39, 0.29) is 5.54 Å². The van der Waals surface area contributed by atoms with Gasteiger partial charge in [-0.15, -0.1) is 0 Å². The lowest BCUT2D eigenvalue weighted by Crippen LogP contribution is -2.34. The molecule has 2 aromatic rings. The minimum atomic E-state index is -0.348. The molecule has 4 rings (SSSR count). The number of aromatic nitrogens is 1. The highest BCUT2D eigenvalue weighted by Crippen LogP contribution is 2.44. The molecule has 4 nitrogen and oxygen atoms in total. The van der Waals surface area contributed by atoms with Crippen LogP contribution in [0.1, 0.15) is 24.5 Å². The molecule has 1 aliphatic heterocycles. The number of benzene rings is 1. The van der Waals surface area contributed by atoms with Crippen molar-refractivity contribution < 1.29 is 4.74 Å². The van der Waals surface area contributed by atoms with Crippen molar-refractivity contribution in [2.75, 3.05) is 6.61 Å². The van der Waals surface area contributed by atoms with E-state index in [0.717, 1.165) is 24.0 Å². The molecule has 23 heavy (non-hydrogen) atoms. The highest BCUT2D eigenvalue weighted by atomic mass is 35.5. The van der Waals surface area contributed by atoms with Crippen LogP contribution in [-0.4, -0.2) is 17.6 Å². The zero-order valence-electron chi connectivity index (χ0n) is 12.9. The highest BCUT2D eigenvalue weighted by Gasteiger charge is 2.43. The lowest BCUT2D eigenvalue weighted by molar-refractivity contribution is 0.212. The number of rotatable bonds is 1. The van der Waals surface area contributed by atoms with Crippen LogP contribution in [0.3, 0.4) is 0 Å². The first kappa shape index (κ1) is 14.5. The topological polar surface area (TPSA) is 60.5 Å². The maximum atomic E-state index is 6.08. The van der Waals surface area contributed by atoms with E-state index in [1.54, 1.807) is 6.20 Å². The average Bonchev–Trinajstić information content (AvgIpc) is 2.88. The molecule has 5 heteroatoms. The number of fused-ring (bicyclic) bond motifs is 2. The Labute approximate surface area is 140 Å². The summed E-state index contributed by atoms with van der Waals surface area (Å²) in [7, 11) is 0. The van der Waals surface area contributed by atoms with Crippen molar-refractivity contribution >= 4 is 17.6 Å². The second kappa shape index (κ2) is 5.24. The average molecular weight is 328 g/mol. The van der Waals surface area contributed by atoms with Crippen molar-refractivity contribution in [3.05, 3.63) is 52.8 Å². The SMILES string of the molecule is CC1Cc2ccc(-c3cncc(Cl)c3)cc2C2(COC(N)=N2)C1. The number of hydrogen-bond donors (Lipinski definition) is 1. The van der Waals surface area contributed by atoms with Gasteiger partial charge in [0.15, 0.2) is 0 Å². The zero-order chi connectivity index (χ0) is 16.0. The Bertz CT molecular complexity index is 805. The Morgan fingerprint density at radius 3 is 2.87 bits per heavy atom. The zero-order valence-corrected chi connectivity index (χ0v) is 13.7. The number of nitrogens with two attached hydrogens (primary N) is 1. The molecule has 0 fully saturated rings. The van der Waals surface area contributed by atoms with Gasteiger partial charge in [-0.05, 0) is 47.6 Å². The molecule has 2 heterocycles. The summed E-state index contributed by atoms with van der Waals surface area (Å²) in [5.74, 6) is 0.555. The summed E-state index contributed by atoms with van der Waals surface area (Å²) in [6, 6.07) is 8.73. The van der Waals surface area contributed by atoms with E-state index in [0.29, 0.717) is 23.6 Å². The van der Waals surface area contributed by atoms with E-state index >= 15 is 0 Å². The van der Waals surface area contributed by atoms with Gasteiger partial charge in [-0.1, -0.05) is 30.7 Å². The molecule has 0 saturated carbocycles. The fourth-order valence-electron chi connectivity index (χ4n) is 3.78. The lowest BCUT2D eigenvalue weighted by atomic mass is 9.72. The van der Waals surface area contributed by atoms with Gasteiger partial charge in [-0.3, -0.25) is 4.98 Å². The highest BCUT2D eigenvalue weighted by molar-refractivity contribution is 6.30. The molecule has 0 bridgehead atoms. The van der Waals surface area contributed by atoms with Crippen LogP contribution in [0, 0.1) is 5.92 Å². The van der Waals surface area contributed by atoms with Crippen molar-refractivity contribution in [2.24, 2.45) is 16.6 Å². The van der Waals surface area contributed by atoms with Crippen LogP contribution in [0.5, 0.6) is 0 Å². The summed E-state index contributed by atoms with van der Waals surface area (Å²) >= 11 is 6.08. The minimum Gasteiger partial charge on any atom is -0.462 e. The van der Waals surface area contributed by atoms with Gasteiger partial charge in [0.05, 0.1) is 5.02 Å². The number of amidine groups is 1. The van der Waals surface area contributed by atoms with Crippen LogP contribution in [0.25, 0.3) is 11.1 Å². The number of aliphatic imine (C=N–C) groups is 1. The molecule has 2 atom stereocenters. The van der Waals surface area contributed by atoms with E-state index < -0.39 is 0 Å². The first-order chi connectivity index (χ1) is 11.1. The molecular weight excluding hydrogens is 310 g/mol. The third-order valence-corrected chi connectivity index (χ3v) is 4.89. The van der Waals surface area contributed by atoms with E-state index in [9.17, 15) is 0 Å². The molecule has 2 unspecified atom stereocenters. The summed E-state index contributed by atoms with van der Waals surface area (Å²) in [5.41, 5.74) is 10.1. The molecule has 2 N–H and O–H groups in total. The molecule has 1 aromatic heterocycles. The standard InChI is InChI=1S/C18H18ClN3O/c1-11-4-13-3-2-12(14-5-15(19)9-21-8-14)6-16(13)18(7-11)10-23-17(20)22-18/h2-3,5-6,8-9,11H,4,7,10H2,1H3,(H2,20,22). The van der Waals surface area contributed by atoms with Gasteiger partial charge < -0.3 is 10.5 Å². The minimum absolute atomic E-state index is 0.292. The summed E-state index contributed by atoms with van der Waals surface area (Å²) in [6.07, 6.45) is 5.48. The van der Waals surface area contributed by atoms with Gasteiger partial charge in [0.2, 0.25) is 0 Å². The van der Waals surface area contributed by atoms with Crippen LogP contribution in [0.4, 0.5) is 0 Å². The molecule has 0 radical (unpaired) electrons. The van der Waals surface area contributed by atoms with Crippen molar-refractivity contribution in [3.8, 4) is 11.1 Å². The van der Waals surface area contributed by atoms with Gasteiger partial charge >= 0.3 is 0 Å². The quantitative estimate of drug-likeness (QED) is 0.871. The Morgan fingerprint density at radius 2 is 2.13 bits per heavy atom. The van der Waals surface area contributed by atoms with Crippen LogP contribution in [0.15, 0.2) is 41.7 Å². The van der Waals surface area contributed by atoms with Gasteiger partial charge in [-0.2, -0.15) is 0 Å². The molecule has 2 aliphatic rings. The van der Waals surface area contributed by atoms with E-state index in [1.165, 1.54) is 11.1 Å². The fraction of sp³-hybridized carbons (Fsp3) is 0.333. The molecular formula is C18H18ClN3O.